The van der Waals surface area contributed by atoms with Crippen molar-refractivity contribution in [1.29, 1.82) is 0 Å². The zero-order valence-corrected chi connectivity index (χ0v) is 19.8. The van der Waals surface area contributed by atoms with Gasteiger partial charge in [0, 0.05) is 42.5 Å². The van der Waals surface area contributed by atoms with Crippen LogP contribution in [0.15, 0.2) is 66.7 Å². The molecule has 0 N–H and O–H groups in total. The van der Waals surface area contributed by atoms with Gasteiger partial charge >= 0.3 is 0 Å². The molecule has 0 aliphatic carbocycles. The molecule has 174 valence electrons. The van der Waals surface area contributed by atoms with Gasteiger partial charge in [0.05, 0.1) is 12.2 Å². The summed E-state index contributed by atoms with van der Waals surface area (Å²) in [6.45, 7) is 5.20. The maximum Gasteiger partial charge on any atom is 0.265 e. The first-order valence-electron chi connectivity index (χ1n) is 11.4. The molecule has 1 saturated heterocycles. The largest absolute Gasteiger partial charge is 0.482 e. The van der Waals surface area contributed by atoms with E-state index >= 15 is 0 Å². The second-order valence-corrected chi connectivity index (χ2v) is 9.14. The van der Waals surface area contributed by atoms with Crippen molar-refractivity contribution in [3.63, 3.8) is 0 Å². The molecule has 0 spiro atoms. The van der Waals surface area contributed by atoms with E-state index in [-0.39, 0.29) is 18.4 Å². The van der Waals surface area contributed by atoms with Gasteiger partial charge in [-0.05, 0) is 60.5 Å². The van der Waals surface area contributed by atoms with Crippen LogP contribution in [0.2, 0.25) is 5.02 Å². The summed E-state index contributed by atoms with van der Waals surface area (Å²) in [5, 5.41) is 0.712. The highest BCUT2D eigenvalue weighted by Crippen LogP contribution is 2.34. The zero-order chi connectivity index (χ0) is 23.7. The number of benzene rings is 3. The topological polar surface area (TPSA) is 53.1 Å². The fourth-order valence-electron chi connectivity index (χ4n) is 4.49. The Labute approximate surface area is 204 Å². The molecule has 6 nitrogen and oxygen atoms in total. The van der Waals surface area contributed by atoms with Crippen molar-refractivity contribution in [2.24, 2.45) is 0 Å². The van der Waals surface area contributed by atoms with Crippen LogP contribution in [0.3, 0.4) is 0 Å². The van der Waals surface area contributed by atoms with Crippen molar-refractivity contribution in [2.75, 3.05) is 42.6 Å². The Morgan fingerprint density at radius 3 is 2.56 bits per heavy atom. The maximum atomic E-state index is 13.2. The Bertz CT molecular complexity index is 1240. The van der Waals surface area contributed by atoms with E-state index in [0.717, 1.165) is 35.6 Å². The summed E-state index contributed by atoms with van der Waals surface area (Å²) in [4.78, 5) is 31.7. The zero-order valence-electron chi connectivity index (χ0n) is 19.0. The average Bonchev–Trinajstić information content (AvgIpc) is 2.85. The fraction of sp³-hybridized carbons (Fsp3) is 0.259. The van der Waals surface area contributed by atoms with Gasteiger partial charge in [-0.25, -0.2) is 0 Å². The predicted octanol–water partition coefficient (Wildman–Crippen LogP) is 4.54. The highest BCUT2D eigenvalue weighted by atomic mass is 35.5. The van der Waals surface area contributed by atoms with Crippen molar-refractivity contribution in [2.45, 2.75) is 13.5 Å². The van der Waals surface area contributed by atoms with Gasteiger partial charge in [0.25, 0.3) is 11.8 Å². The minimum absolute atomic E-state index is 0.0110. The minimum Gasteiger partial charge on any atom is -0.482 e. The van der Waals surface area contributed by atoms with E-state index in [4.69, 9.17) is 16.3 Å². The number of anilines is 2. The van der Waals surface area contributed by atoms with Crippen molar-refractivity contribution in [3.8, 4) is 5.75 Å². The molecule has 2 aliphatic rings. The van der Waals surface area contributed by atoms with E-state index in [1.165, 1.54) is 0 Å². The van der Waals surface area contributed by atoms with Gasteiger partial charge in [-0.2, -0.15) is 0 Å². The molecule has 0 bridgehead atoms. The van der Waals surface area contributed by atoms with Crippen molar-refractivity contribution in [3.05, 3.63) is 88.4 Å². The molecule has 1 fully saturated rings. The summed E-state index contributed by atoms with van der Waals surface area (Å²) in [6.07, 6.45) is 0. The molecule has 0 unspecified atom stereocenters. The molecule has 5 rings (SSSR count). The first-order valence-corrected chi connectivity index (χ1v) is 11.8. The van der Waals surface area contributed by atoms with Crippen LogP contribution in [-0.2, 0) is 11.3 Å². The third-order valence-corrected chi connectivity index (χ3v) is 6.55. The molecule has 2 aliphatic heterocycles. The van der Waals surface area contributed by atoms with E-state index in [1.807, 2.05) is 78.6 Å². The Morgan fingerprint density at radius 2 is 1.76 bits per heavy atom. The van der Waals surface area contributed by atoms with E-state index in [9.17, 15) is 9.59 Å². The van der Waals surface area contributed by atoms with Crippen molar-refractivity contribution < 1.29 is 14.3 Å². The number of carbonyl (C=O) groups excluding carboxylic acids is 2. The predicted molar refractivity (Wildman–Crippen MR) is 134 cm³/mol. The number of ether oxygens (including phenoxy) is 1. The molecule has 2 amide bonds. The fourth-order valence-corrected chi connectivity index (χ4v) is 4.68. The van der Waals surface area contributed by atoms with Gasteiger partial charge in [0.2, 0.25) is 0 Å². The molecule has 0 saturated carbocycles. The highest BCUT2D eigenvalue weighted by molar-refractivity contribution is 6.30. The van der Waals surface area contributed by atoms with Crippen LogP contribution in [0, 0.1) is 6.92 Å². The van der Waals surface area contributed by atoms with Gasteiger partial charge in [-0.3, -0.25) is 9.59 Å². The quantitative estimate of drug-likeness (QED) is 0.556. The summed E-state index contributed by atoms with van der Waals surface area (Å²) in [7, 11) is 0. The number of carbonyl (C=O) groups is 2. The lowest BCUT2D eigenvalue weighted by molar-refractivity contribution is -0.121. The molecule has 2 heterocycles. The summed E-state index contributed by atoms with van der Waals surface area (Å²) < 4.78 is 5.61. The number of halogens is 1. The third kappa shape index (κ3) is 4.59. The normalized spacial score (nSPS) is 15.7. The van der Waals surface area contributed by atoms with Crippen LogP contribution in [0.4, 0.5) is 11.4 Å². The highest BCUT2D eigenvalue weighted by Gasteiger charge is 2.27. The molecule has 3 aromatic carbocycles. The van der Waals surface area contributed by atoms with Crippen LogP contribution >= 0.6 is 11.6 Å². The molecule has 0 radical (unpaired) electrons. The van der Waals surface area contributed by atoms with Gasteiger partial charge in [-0.1, -0.05) is 35.9 Å². The van der Waals surface area contributed by atoms with E-state index < -0.39 is 0 Å². The first-order chi connectivity index (χ1) is 16.5. The first kappa shape index (κ1) is 22.3. The second kappa shape index (κ2) is 9.39. The van der Waals surface area contributed by atoms with Gasteiger partial charge < -0.3 is 19.4 Å². The Morgan fingerprint density at radius 1 is 0.971 bits per heavy atom. The molecular weight excluding hydrogens is 450 g/mol. The number of amides is 2. The van der Waals surface area contributed by atoms with Crippen LogP contribution in [0.25, 0.3) is 0 Å². The number of nitrogens with zero attached hydrogens (tertiary/aromatic N) is 3. The van der Waals surface area contributed by atoms with Gasteiger partial charge in [0.1, 0.15) is 5.75 Å². The smallest absolute Gasteiger partial charge is 0.265 e. The molecule has 3 aromatic rings. The lowest BCUT2D eigenvalue weighted by atomic mass is 10.1. The third-order valence-electron chi connectivity index (χ3n) is 6.31. The number of fused-ring (bicyclic) bond motifs is 1. The number of hydrogen-bond acceptors (Lipinski definition) is 4. The summed E-state index contributed by atoms with van der Waals surface area (Å²) >= 11 is 6.13. The monoisotopic (exact) mass is 475 g/mol. The molecule has 0 atom stereocenters. The second-order valence-electron chi connectivity index (χ2n) is 8.70. The standard InChI is InChI=1S/C27H26ClN3O3/c1-19-8-9-24-25(14-19)34-18-26(32)31(24)17-20-4-2-5-21(15-20)27(33)30-12-10-29(11-13-30)23-7-3-6-22(28)16-23/h2-9,14-16H,10-13,17-18H2,1H3. The van der Waals surface area contributed by atoms with Gasteiger partial charge in [0.15, 0.2) is 6.61 Å². The van der Waals surface area contributed by atoms with Crippen molar-refractivity contribution >= 4 is 34.8 Å². The summed E-state index contributed by atoms with van der Waals surface area (Å²) in [6, 6.07) is 21.2. The molecular formula is C27H26ClN3O3. The lowest BCUT2D eigenvalue weighted by Crippen LogP contribution is -2.48. The Hall–Kier alpha value is -3.51. The minimum atomic E-state index is -0.0924. The van der Waals surface area contributed by atoms with Crippen molar-refractivity contribution in [1.82, 2.24) is 4.90 Å². The lowest BCUT2D eigenvalue weighted by Gasteiger charge is -2.36. The molecule has 34 heavy (non-hydrogen) atoms. The Balaban J connectivity index is 1.28. The SMILES string of the molecule is Cc1ccc2c(c1)OCC(=O)N2Cc1cccc(C(=O)N2CCN(c3cccc(Cl)c3)CC2)c1. The maximum absolute atomic E-state index is 13.2. The van der Waals surface area contributed by atoms with E-state index in [0.29, 0.717) is 36.0 Å². The molecule has 7 heteroatoms. The summed E-state index contributed by atoms with van der Waals surface area (Å²) in [5.41, 5.74) is 4.46. The number of aryl methyl sites for hydroxylation is 1. The number of rotatable bonds is 4. The number of piperazine rings is 1. The van der Waals surface area contributed by atoms with Crippen LogP contribution in [-0.4, -0.2) is 49.5 Å². The van der Waals surface area contributed by atoms with Gasteiger partial charge in [-0.15, -0.1) is 0 Å². The molecule has 0 aromatic heterocycles. The van der Waals surface area contributed by atoms with Crippen LogP contribution < -0.4 is 14.5 Å². The van der Waals surface area contributed by atoms with Crippen LogP contribution in [0.5, 0.6) is 5.75 Å². The van der Waals surface area contributed by atoms with E-state index in [1.54, 1.807) is 4.90 Å². The Kier molecular flexibility index (Phi) is 6.16. The van der Waals surface area contributed by atoms with E-state index in [2.05, 4.69) is 4.90 Å². The summed E-state index contributed by atoms with van der Waals surface area (Å²) in [5.74, 6) is 0.631. The number of hydrogen-bond donors (Lipinski definition) is 0. The van der Waals surface area contributed by atoms with Crippen LogP contribution in [0.1, 0.15) is 21.5 Å². The average molecular weight is 476 g/mol.